The van der Waals surface area contributed by atoms with Crippen molar-refractivity contribution in [3.8, 4) is 12.1 Å². The number of amides is 1. The Balaban J connectivity index is 2.54. The van der Waals surface area contributed by atoms with Gasteiger partial charge < -0.3 is 10.2 Å². The monoisotopic (exact) mass is 206 g/mol. The van der Waals surface area contributed by atoms with Gasteiger partial charge in [0.2, 0.25) is 5.91 Å². The third-order valence-electron chi connectivity index (χ3n) is 2.48. The van der Waals surface area contributed by atoms with E-state index in [0.29, 0.717) is 6.54 Å². The van der Waals surface area contributed by atoms with E-state index < -0.39 is 0 Å². The van der Waals surface area contributed by atoms with Gasteiger partial charge in [0.1, 0.15) is 13.1 Å². The normalized spacial score (nSPS) is 20.0. The maximum atomic E-state index is 11.9. The third kappa shape index (κ3) is 3.23. The van der Waals surface area contributed by atoms with Crippen molar-refractivity contribution in [3.05, 3.63) is 0 Å². The molecule has 1 N–H and O–H groups in total. The van der Waals surface area contributed by atoms with E-state index in [-0.39, 0.29) is 24.9 Å². The number of piperidine rings is 1. The smallest absolute Gasteiger partial charge is 0.228 e. The van der Waals surface area contributed by atoms with E-state index in [9.17, 15) is 4.79 Å². The second kappa shape index (κ2) is 6.00. The Morgan fingerprint density at radius 3 is 2.53 bits per heavy atom. The van der Waals surface area contributed by atoms with E-state index in [1.807, 2.05) is 12.1 Å². The van der Waals surface area contributed by atoms with E-state index in [1.165, 1.54) is 4.90 Å². The summed E-state index contributed by atoms with van der Waals surface area (Å²) in [6.07, 6.45) is 1.82. The summed E-state index contributed by atoms with van der Waals surface area (Å²) in [6.45, 7) is 1.61. The van der Waals surface area contributed by atoms with Crippen LogP contribution in [0.2, 0.25) is 0 Å². The molecule has 1 aliphatic rings. The van der Waals surface area contributed by atoms with Crippen LogP contribution < -0.4 is 5.32 Å². The summed E-state index contributed by atoms with van der Waals surface area (Å²) in [5.74, 6) is -0.147. The zero-order valence-electron chi connectivity index (χ0n) is 8.57. The Labute approximate surface area is 89.3 Å². The first-order valence-corrected chi connectivity index (χ1v) is 5.03. The maximum Gasteiger partial charge on any atom is 0.228 e. The molecule has 0 aromatic heterocycles. The lowest BCUT2D eigenvalue weighted by atomic mass is 9.98. The number of hydrogen-bond acceptors (Lipinski definition) is 4. The molecule has 80 valence electrons. The molecule has 0 bridgehead atoms. The van der Waals surface area contributed by atoms with Gasteiger partial charge in [-0.25, -0.2) is 0 Å². The summed E-state index contributed by atoms with van der Waals surface area (Å²) >= 11 is 0. The fourth-order valence-electron chi connectivity index (χ4n) is 1.70. The minimum absolute atomic E-state index is 0.00287. The van der Waals surface area contributed by atoms with Gasteiger partial charge in [-0.15, -0.1) is 0 Å². The first kappa shape index (κ1) is 11.5. The molecule has 1 fully saturated rings. The summed E-state index contributed by atoms with van der Waals surface area (Å²) in [5.41, 5.74) is 0. The van der Waals surface area contributed by atoms with Gasteiger partial charge in [-0.05, 0) is 19.4 Å². The molecular formula is C10H14N4O. The summed E-state index contributed by atoms with van der Waals surface area (Å²) in [5, 5.41) is 20.2. The summed E-state index contributed by atoms with van der Waals surface area (Å²) in [6, 6.07) is 3.81. The number of nitriles is 2. The van der Waals surface area contributed by atoms with E-state index in [4.69, 9.17) is 10.5 Å². The minimum Gasteiger partial charge on any atom is -0.316 e. The Bertz CT molecular complexity index is 280. The molecule has 0 aromatic carbocycles. The average Bonchev–Trinajstić information content (AvgIpc) is 2.29. The number of hydrogen-bond donors (Lipinski definition) is 1. The molecular weight excluding hydrogens is 192 g/mol. The van der Waals surface area contributed by atoms with Crippen molar-refractivity contribution in [2.45, 2.75) is 12.8 Å². The molecule has 0 aliphatic carbocycles. The third-order valence-corrected chi connectivity index (χ3v) is 2.48. The lowest BCUT2D eigenvalue weighted by molar-refractivity contribution is -0.134. The van der Waals surface area contributed by atoms with Crippen molar-refractivity contribution in [2.24, 2.45) is 5.92 Å². The highest BCUT2D eigenvalue weighted by Crippen LogP contribution is 2.12. The summed E-state index contributed by atoms with van der Waals surface area (Å²) in [7, 11) is 0. The molecule has 15 heavy (non-hydrogen) atoms. The number of carbonyl (C=O) groups is 1. The van der Waals surface area contributed by atoms with Crippen LogP contribution in [0.25, 0.3) is 0 Å². The van der Waals surface area contributed by atoms with Crippen LogP contribution in [0.5, 0.6) is 0 Å². The van der Waals surface area contributed by atoms with Gasteiger partial charge in [-0.1, -0.05) is 0 Å². The van der Waals surface area contributed by atoms with Crippen LogP contribution in [0.15, 0.2) is 0 Å². The molecule has 0 spiro atoms. The van der Waals surface area contributed by atoms with Gasteiger partial charge in [0.25, 0.3) is 0 Å². The highest BCUT2D eigenvalue weighted by Gasteiger charge is 2.25. The molecule has 5 nitrogen and oxygen atoms in total. The van der Waals surface area contributed by atoms with E-state index in [0.717, 1.165) is 19.4 Å². The number of nitrogens with one attached hydrogen (secondary N) is 1. The molecule has 1 rings (SSSR count). The predicted molar refractivity (Wildman–Crippen MR) is 53.4 cm³/mol. The lowest BCUT2D eigenvalue weighted by Crippen LogP contribution is -2.43. The largest absolute Gasteiger partial charge is 0.316 e. The van der Waals surface area contributed by atoms with E-state index >= 15 is 0 Å². The van der Waals surface area contributed by atoms with Crippen LogP contribution in [0, 0.1) is 28.6 Å². The molecule has 5 heteroatoms. The van der Waals surface area contributed by atoms with Crippen LogP contribution in [-0.4, -0.2) is 37.0 Å². The van der Waals surface area contributed by atoms with Gasteiger partial charge >= 0.3 is 0 Å². The second-order valence-corrected chi connectivity index (χ2v) is 3.55. The first-order chi connectivity index (χ1) is 7.29. The fraction of sp³-hybridized carbons (Fsp3) is 0.700. The van der Waals surface area contributed by atoms with Crippen molar-refractivity contribution in [1.29, 1.82) is 10.5 Å². The van der Waals surface area contributed by atoms with Crippen LogP contribution in [0.4, 0.5) is 0 Å². The fourth-order valence-corrected chi connectivity index (χ4v) is 1.70. The van der Waals surface area contributed by atoms with Gasteiger partial charge in [0.15, 0.2) is 0 Å². The number of rotatable bonds is 3. The van der Waals surface area contributed by atoms with Crippen LogP contribution in [-0.2, 0) is 4.79 Å². The quantitative estimate of drug-likeness (QED) is 0.652. The average molecular weight is 206 g/mol. The van der Waals surface area contributed by atoms with E-state index in [1.54, 1.807) is 0 Å². The molecule has 1 atom stereocenters. The Kier molecular flexibility index (Phi) is 4.59. The predicted octanol–water partition coefficient (Wildman–Crippen LogP) is -0.138. The van der Waals surface area contributed by atoms with E-state index in [2.05, 4.69) is 5.32 Å². The molecule has 1 amide bonds. The summed E-state index contributed by atoms with van der Waals surface area (Å²) < 4.78 is 0. The molecule has 1 saturated heterocycles. The minimum atomic E-state index is -0.0784. The zero-order valence-corrected chi connectivity index (χ0v) is 8.57. The van der Waals surface area contributed by atoms with Crippen molar-refractivity contribution >= 4 is 5.91 Å². The molecule has 1 aliphatic heterocycles. The first-order valence-electron chi connectivity index (χ1n) is 5.03. The van der Waals surface area contributed by atoms with Crippen LogP contribution in [0.1, 0.15) is 12.8 Å². The van der Waals surface area contributed by atoms with Gasteiger partial charge in [0, 0.05) is 6.54 Å². The Morgan fingerprint density at radius 1 is 1.40 bits per heavy atom. The SMILES string of the molecule is N#CCN(CC#N)C(=O)C1CCCNC1. The second-order valence-electron chi connectivity index (χ2n) is 3.55. The molecule has 1 heterocycles. The van der Waals surface area contributed by atoms with Crippen molar-refractivity contribution in [1.82, 2.24) is 10.2 Å². The van der Waals surface area contributed by atoms with Gasteiger partial charge in [-0.3, -0.25) is 4.79 Å². The summed E-state index contributed by atoms with van der Waals surface area (Å²) in [4.78, 5) is 13.2. The van der Waals surface area contributed by atoms with Crippen LogP contribution in [0.3, 0.4) is 0 Å². The topological polar surface area (TPSA) is 79.9 Å². The van der Waals surface area contributed by atoms with Crippen molar-refractivity contribution in [3.63, 3.8) is 0 Å². The number of carbonyl (C=O) groups excluding carboxylic acids is 1. The Morgan fingerprint density at radius 2 is 2.07 bits per heavy atom. The highest BCUT2D eigenvalue weighted by molar-refractivity contribution is 5.79. The lowest BCUT2D eigenvalue weighted by Gasteiger charge is -2.26. The molecule has 0 radical (unpaired) electrons. The number of nitrogens with zero attached hydrogens (tertiary/aromatic N) is 3. The maximum absolute atomic E-state index is 11.9. The molecule has 0 aromatic rings. The van der Waals surface area contributed by atoms with Gasteiger partial charge in [0.05, 0.1) is 18.1 Å². The standard InChI is InChI=1S/C10H14N4O/c11-3-6-14(7-4-12)10(15)9-2-1-5-13-8-9/h9,13H,1-2,5-8H2. The molecule has 1 unspecified atom stereocenters. The Hall–Kier alpha value is -1.59. The van der Waals surface area contributed by atoms with Gasteiger partial charge in [-0.2, -0.15) is 10.5 Å². The van der Waals surface area contributed by atoms with Crippen molar-refractivity contribution < 1.29 is 4.79 Å². The van der Waals surface area contributed by atoms with Crippen LogP contribution >= 0.6 is 0 Å². The zero-order chi connectivity index (χ0) is 11.1. The van der Waals surface area contributed by atoms with Crippen molar-refractivity contribution in [2.75, 3.05) is 26.2 Å². The molecule has 0 saturated carbocycles. The highest BCUT2D eigenvalue weighted by atomic mass is 16.2.